The minimum Gasteiger partial charge on any atom is -0.459 e. The number of nitrogens with two attached hydrogens (primary N) is 2. The Kier molecular flexibility index (Phi) is 9.29. The molecule has 2 aromatic rings. The molecule has 8 heteroatoms. The van der Waals surface area contributed by atoms with Crippen molar-refractivity contribution in [2.45, 2.75) is 39.0 Å². The van der Waals surface area contributed by atoms with E-state index in [0.29, 0.717) is 17.1 Å². The molecule has 4 N–H and O–H groups in total. The number of hydrogen-bond donors (Lipinski definition) is 2. The molecule has 1 fully saturated rings. The first kappa shape index (κ1) is 25.8. The maximum atomic E-state index is 12.4. The zero-order chi connectivity index (χ0) is 25.2. The van der Waals surface area contributed by atoms with Gasteiger partial charge in [0.05, 0.1) is 11.5 Å². The summed E-state index contributed by atoms with van der Waals surface area (Å²) in [7, 11) is 0. The van der Waals surface area contributed by atoms with Crippen LogP contribution in [0.25, 0.3) is 6.08 Å². The highest BCUT2D eigenvalue weighted by Crippen LogP contribution is 2.31. The molecular weight excluding hydrogens is 448 g/mol. The van der Waals surface area contributed by atoms with E-state index in [2.05, 4.69) is 6.92 Å². The van der Waals surface area contributed by atoms with Gasteiger partial charge in [-0.2, -0.15) is 0 Å². The molecular formula is C27H32N2O6. The van der Waals surface area contributed by atoms with Crippen molar-refractivity contribution in [1.82, 2.24) is 0 Å². The van der Waals surface area contributed by atoms with E-state index in [4.69, 9.17) is 25.7 Å². The summed E-state index contributed by atoms with van der Waals surface area (Å²) in [5.41, 5.74) is 13.0. The normalized spacial score (nSPS) is 17.6. The minimum atomic E-state index is -0.606. The smallest absolute Gasteiger partial charge is 0.338 e. The quantitative estimate of drug-likeness (QED) is 0.178. The SMILES string of the molecule is CCC1CCC(C(=O)Oc2ccc(/C=C/C(=O)OCCOC(=O)c3cc(N)cc(N)c3)cc2)CC1. The predicted octanol–water partition coefficient (Wildman–Crippen LogP) is 4.39. The first-order chi connectivity index (χ1) is 16.8. The summed E-state index contributed by atoms with van der Waals surface area (Å²) < 4.78 is 15.6. The van der Waals surface area contributed by atoms with E-state index in [9.17, 15) is 14.4 Å². The van der Waals surface area contributed by atoms with Crippen LogP contribution >= 0.6 is 0 Å². The molecule has 0 radical (unpaired) electrons. The molecule has 0 heterocycles. The zero-order valence-corrected chi connectivity index (χ0v) is 19.9. The van der Waals surface area contributed by atoms with Crippen LogP contribution in [0.2, 0.25) is 0 Å². The van der Waals surface area contributed by atoms with Crippen LogP contribution in [0.1, 0.15) is 54.9 Å². The van der Waals surface area contributed by atoms with Gasteiger partial charge in [0.1, 0.15) is 19.0 Å². The summed E-state index contributed by atoms with van der Waals surface area (Å²) in [6.45, 7) is 1.99. The van der Waals surface area contributed by atoms with E-state index in [1.165, 1.54) is 24.3 Å². The van der Waals surface area contributed by atoms with E-state index < -0.39 is 11.9 Å². The first-order valence-corrected chi connectivity index (χ1v) is 11.8. The third-order valence-electron chi connectivity index (χ3n) is 6.04. The summed E-state index contributed by atoms with van der Waals surface area (Å²) in [5.74, 6) is -0.184. The van der Waals surface area contributed by atoms with Crippen LogP contribution in [-0.2, 0) is 19.1 Å². The topological polar surface area (TPSA) is 131 Å². The van der Waals surface area contributed by atoms with E-state index in [0.717, 1.165) is 43.6 Å². The largest absolute Gasteiger partial charge is 0.459 e. The number of carbonyl (C=O) groups excluding carboxylic acids is 3. The molecule has 8 nitrogen and oxygen atoms in total. The van der Waals surface area contributed by atoms with Gasteiger partial charge in [-0.15, -0.1) is 0 Å². The monoisotopic (exact) mass is 480 g/mol. The van der Waals surface area contributed by atoms with Gasteiger partial charge < -0.3 is 25.7 Å². The second-order valence-corrected chi connectivity index (χ2v) is 8.64. The number of benzene rings is 2. The third-order valence-corrected chi connectivity index (χ3v) is 6.04. The highest BCUT2D eigenvalue weighted by molar-refractivity contribution is 5.91. The summed E-state index contributed by atoms with van der Waals surface area (Å²) in [4.78, 5) is 36.3. The molecule has 35 heavy (non-hydrogen) atoms. The number of anilines is 2. The van der Waals surface area contributed by atoms with Crippen LogP contribution in [0.15, 0.2) is 48.5 Å². The van der Waals surface area contributed by atoms with Crippen LogP contribution in [0.3, 0.4) is 0 Å². The van der Waals surface area contributed by atoms with Gasteiger partial charge in [0.15, 0.2) is 0 Å². The maximum absolute atomic E-state index is 12.4. The predicted molar refractivity (Wildman–Crippen MR) is 133 cm³/mol. The number of rotatable bonds is 9. The molecule has 0 amide bonds. The van der Waals surface area contributed by atoms with Crippen molar-refractivity contribution in [3.8, 4) is 5.75 Å². The number of hydrogen-bond acceptors (Lipinski definition) is 8. The van der Waals surface area contributed by atoms with Gasteiger partial charge in [0, 0.05) is 17.5 Å². The molecule has 0 spiro atoms. The lowest BCUT2D eigenvalue weighted by Crippen LogP contribution is -2.25. The fourth-order valence-corrected chi connectivity index (χ4v) is 4.02. The number of ether oxygens (including phenoxy) is 3. The van der Waals surface area contributed by atoms with Crippen LogP contribution in [-0.4, -0.2) is 31.1 Å². The Morgan fingerprint density at radius 1 is 0.914 bits per heavy atom. The Hall–Kier alpha value is -3.81. The van der Waals surface area contributed by atoms with E-state index in [1.807, 2.05) is 0 Å². The van der Waals surface area contributed by atoms with Crippen molar-refractivity contribution in [1.29, 1.82) is 0 Å². The molecule has 186 valence electrons. The lowest BCUT2D eigenvalue weighted by atomic mass is 9.81. The van der Waals surface area contributed by atoms with Crippen LogP contribution in [0.4, 0.5) is 11.4 Å². The molecule has 2 aromatic carbocycles. The third kappa shape index (κ3) is 8.17. The van der Waals surface area contributed by atoms with Gasteiger partial charge in [-0.1, -0.05) is 25.5 Å². The Morgan fingerprint density at radius 3 is 2.17 bits per heavy atom. The summed E-state index contributed by atoms with van der Waals surface area (Å²) >= 11 is 0. The average molecular weight is 481 g/mol. The van der Waals surface area contributed by atoms with Crippen molar-refractivity contribution >= 4 is 35.4 Å². The summed E-state index contributed by atoms with van der Waals surface area (Å²) in [6, 6.07) is 11.3. The Balaban J connectivity index is 1.37. The fourth-order valence-electron chi connectivity index (χ4n) is 4.02. The zero-order valence-electron chi connectivity index (χ0n) is 19.9. The fraction of sp³-hybridized carbons (Fsp3) is 0.370. The van der Waals surface area contributed by atoms with Gasteiger partial charge in [-0.3, -0.25) is 4.79 Å². The van der Waals surface area contributed by atoms with E-state index in [1.54, 1.807) is 30.3 Å². The average Bonchev–Trinajstić information content (AvgIpc) is 2.85. The first-order valence-electron chi connectivity index (χ1n) is 11.8. The second kappa shape index (κ2) is 12.6. The van der Waals surface area contributed by atoms with Crippen LogP contribution < -0.4 is 16.2 Å². The van der Waals surface area contributed by atoms with Gasteiger partial charge in [-0.25, -0.2) is 9.59 Å². The molecule has 0 saturated heterocycles. The van der Waals surface area contributed by atoms with Gasteiger partial charge in [-0.05, 0) is 73.6 Å². The molecule has 0 bridgehead atoms. The molecule has 0 aliphatic heterocycles. The second-order valence-electron chi connectivity index (χ2n) is 8.64. The number of carbonyl (C=O) groups is 3. The van der Waals surface area contributed by atoms with Gasteiger partial charge in [0.2, 0.25) is 0 Å². The van der Waals surface area contributed by atoms with Crippen molar-refractivity contribution in [2.24, 2.45) is 11.8 Å². The minimum absolute atomic E-state index is 0.0321. The molecule has 0 atom stereocenters. The van der Waals surface area contributed by atoms with Crippen molar-refractivity contribution in [3.05, 3.63) is 59.7 Å². The molecule has 1 aliphatic rings. The van der Waals surface area contributed by atoms with E-state index in [-0.39, 0.29) is 30.7 Å². The molecule has 1 aliphatic carbocycles. The number of nitrogen functional groups attached to an aromatic ring is 2. The molecule has 0 aromatic heterocycles. The standard InChI is InChI=1S/C27H32N2O6/c1-2-18-3-8-20(9-4-18)27(32)35-24-10-5-19(6-11-24)7-12-25(30)33-13-14-34-26(31)21-15-22(28)17-23(29)16-21/h5-7,10-12,15-18,20H,2-4,8-9,13-14,28-29H2,1H3/b12-7+. The van der Waals surface area contributed by atoms with Gasteiger partial charge >= 0.3 is 17.9 Å². The number of esters is 3. The summed E-state index contributed by atoms with van der Waals surface area (Å²) in [5, 5.41) is 0. The summed E-state index contributed by atoms with van der Waals surface area (Å²) in [6.07, 6.45) is 7.95. The van der Waals surface area contributed by atoms with E-state index >= 15 is 0 Å². The molecule has 3 rings (SSSR count). The maximum Gasteiger partial charge on any atom is 0.338 e. The van der Waals surface area contributed by atoms with Crippen LogP contribution in [0, 0.1) is 11.8 Å². The van der Waals surface area contributed by atoms with Gasteiger partial charge in [0.25, 0.3) is 0 Å². The lowest BCUT2D eigenvalue weighted by molar-refractivity contribution is -0.140. The Bertz CT molecular complexity index is 1040. The van der Waals surface area contributed by atoms with Crippen molar-refractivity contribution in [3.63, 3.8) is 0 Å². The molecule has 1 saturated carbocycles. The highest BCUT2D eigenvalue weighted by atomic mass is 16.6. The highest BCUT2D eigenvalue weighted by Gasteiger charge is 2.26. The van der Waals surface area contributed by atoms with Crippen molar-refractivity contribution in [2.75, 3.05) is 24.7 Å². The Labute approximate surface area is 205 Å². The lowest BCUT2D eigenvalue weighted by Gasteiger charge is -2.26. The van der Waals surface area contributed by atoms with Crippen molar-refractivity contribution < 1.29 is 28.6 Å². The molecule has 0 unspecified atom stereocenters. The Morgan fingerprint density at radius 2 is 1.54 bits per heavy atom. The van der Waals surface area contributed by atoms with Crippen LogP contribution in [0.5, 0.6) is 5.75 Å².